The van der Waals surface area contributed by atoms with Gasteiger partial charge in [-0.25, -0.2) is 8.42 Å². The Morgan fingerprint density at radius 2 is 2.05 bits per heavy atom. The van der Waals surface area contributed by atoms with Gasteiger partial charge in [-0.2, -0.15) is 9.57 Å². The van der Waals surface area contributed by atoms with Gasteiger partial charge in [0.2, 0.25) is 10.0 Å². The number of benzene rings is 1. The molecule has 0 atom stereocenters. The number of hydrogen-bond acceptors (Lipinski definition) is 4. The van der Waals surface area contributed by atoms with Crippen LogP contribution in [0.4, 0.5) is 0 Å². The number of likely N-dealkylation sites (N-methyl/N-ethyl adjacent to an activating group) is 1. The molecule has 0 bridgehead atoms. The van der Waals surface area contributed by atoms with Crippen molar-refractivity contribution in [1.29, 1.82) is 5.26 Å². The first kappa shape index (κ1) is 17.4. The summed E-state index contributed by atoms with van der Waals surface area (Å²) < 4.78 is 26.0. The zero-order valence-corrected chi connectivity index (χ0v) is 13.4. The van der Waals surface area contributed by atoms with Crippen molar-refractivity contribution in [3.63, 3.8) is 0 Å². The van der Waals surface area contributed by atoms with E-state index < -0.39 is 21.5 Å². The molecule has 0 aromatic heterocycles. The number of hydrogen-bond donors (Lipinski definition) is 1. The van der Waals surface area contributed by atoms with Crippen LogP contribution in [0.1, 0.15) is 26.3 Å². The predicted octanol–water partition coefficient (Wildman–Crippen LogP) is 2.09. The Morgan fingerprint density at radius 3 is 2.43 bits per heavy atom. The molecule has 0 saturated heterocycles. The van der Waals surface area contributed by atoms with Crippen molar-refractivity contribution < 1.29 is 18.3 Å². The van der Waals surface area contributed by atoms with Crippen molar-refractivity contribution in [3.8, 4) is 6.07 Å². The molecule has 21 heavy (non-hydrogen) atoms. The van der Waals surface area contributed by atoms with Crippen molar-refractivity contribution in [3.05, 3.63) is 28.8 Å². The minimum Gasteiger partial charge on any atom is -0.480 e. The summed E-state index contributed by atoms with van der Waals surface area (Å²) in [5, 5.41) is 18.0. The number of carboxylic acid groups (broad SMARTS) is 1. The third-order valence-electron chi connectivity index (χ3n) is 3.08. The van der Waals surface area contributed by atoms with Crippen LogP contribution in [0.3, 0.4) is 0 Å². The van der Waals surface area contributed by atoms with Gasteiger partial charge >= 0.3 is 5.97 Å². The smallest absolute Gasteiger partial charge is 0.324 e. The van der Waals surface area contributed by atoms with Crippen LogP contribution in [0.25, 0.3) is 0 Å². The topological polar surface area (TPSA) is 98.5 Å². The van der Waals surface area contributed by atoms with Crippen molar-refractivity contribution in [2.45, 2.75) is 31.2 Å². The maximum Gasteiger partial charge on any atom is 0.324 e. The molecule has 0 amide bonds. The lowest BCUT2D eigenvalue weighted by molar-refractivity contribution is -0.146. The van der Waals surface area contributed by atoms with Crippen LogP contribution in [0, 0.1) is 11.3 Å². The van der Waals surface area contributed by atoms with Gasteiger partial charge in [0, 0.05) is 6.54 Å². The maximum atomic E-state index is 12.6. The average Bonchev–Trinajstić information content (AvgIpc) is 2.38. The molecular weight excluding hydrogens is 316 g/mol. The van der Waals surface area contributed by atoms with Gasteiger partial charge in [-0.1, -0.05) is 18.5 Å². The second-order valence-corrected chi connectivity index (χ2v) is 7.06. The highest BCUT2D eigenvalue weighted by Crippen LogP contribution is 2.27. The molecule has 0 spiro atoms. The lowest BCUT2D eigenvalue weighted by Gasteiger charge is -2.33. The average molecular weight is 331 g/mol. The van der Waals surface area contributed by atoms with E-state index in [0.717, 1.165) is 10.4 Å². The summed E-state index contributed by atoms with van der Waals surface area (Å²) in [4.78, 5) is 11.1. The fourth-order valence-corrected chi connectivity index (χ4v) is 3.91. The molecule has 0 fully saturated rings. The zero-order valence-electron chi connectivity index (χ0n) is 11.8. The Balaban J connectivity index is 3.43. The van der Waals surface area contributed by atoms with Crippen molar-refractivity contribution in [2.24, 2.45) is 0 Å². The number of carboxylic acids is 1. The number of rotatable bonds is 5. The highest BCUT2D eigenvalue weighted by atomic mass is 35.5. The SMILES string of the molecule is CCN(C(C)(C)C(=O)O)S(=O)(=O)c1ccc(C#N)c(Cl)c1. The van der Waals surface area contributed by atoms with Crippen LogP contribution < -0.4 is 0 Å². The molecular formula is C13H15ClN2O4S. The zero-order chi connectivity index (χ0) is 16.4. The number of carbonyl (C=O) groups is 1. The summed E-state index contributed by atoms with van der Waals surface area (Å²) in [6, 6.07) is 5.50. The number of aliphatic carboxylic acids is 1. The third-order valence-corrected chi connectivity index (χ3v) is 5.54. The molecule has 8 heteroatoms. The first-order valence-corrected chi connectivity index (χ1v) is 7.86. The standard InChI is InChI=1S/C13H15ClN2O4S/c1-4-16(13(2,3)12(17)18)21(19,20)10-6-5-9(8-15)11(14)7-10/h5-7H,4H2,1-3H3,(H,17,18). The molecule has 0 radical (unpaired) electrons. The van der Waals surface area contributed by atoms with E-state index in [2.05, 4.69) is 0 Å². The van der Waals surface area contributed by atoms with E-state index in [9.17, 15) is 18.3 Å². The van der Waals surface area contributed by atoms with E-state index in [1.807, 2.05) is 6.07 Å². The monoisotopic (exact) mass is 330 g/mol. The Labute approximate surface area is 128 Å². The largest absolute Gasteiger partial charge is 0.480 e. The summed E-state index contributed by atoms with van der Waals surface area (Å²) in [5.41, 5.74) is -1.45. The second-order valence-electron chi connectivity index (χ2n) is 4.79. The number of nitriles is 1. The van der Waals surface area contributed by atoms with Crippen LogP contribution in [0.2, 0.25) is 5.02 Å². The molecule has 1 aromatic carbocycles. The Bertz CT molecular complexity index is 707. The van der Waals surface area contributed by atoms with E-state index in [0.29, 0.717) is 0 Å². The minimum atomic E-state index is -4.04. The van der Waals surface area contributed by atoms with Gasteiger partial charge in [-0.15, -0.1) is 0 Å². The van der Waals surface area contributed by atoms with E-state index in [-0.39, 0.29) is 22.0 Å². The molecule has 0 aliphatic heterocycles. The molecule has 114 valence electrons. The van der Waals surface area contributed by atoms with Gasteiger partial charge < -0.3 is 5.11 Å². The van der Waals surface area contributed by atoms with Gasteiger partial charge in [0.25, 0.3) is 0 Å². The van der Waals surface area contributed by atoms with Crippen molar-refractivity contribution in [1.82, 2.24) is 4.31 Å². The van der Waals surface area contributed by atoms with E-state index in [1.54, 1.807) is 6.92 Å². The highest BCUT2D eigenvalue weighted by molar-refractivity contribution is 7.89. The number of halogens is 1. The van der Waals surface area contributed by atoms with Crippen molar-refractivity contribution in [2.75, 3.05) is 6.54 Å². The highest BCUT2D eigenvalue weighted by Gasteiger charge is 2.41. The lowest BCUT2D eigenvalue weighted by atomic mass is 10.1. The van der Waals surface area contributed by atoms with Gasteiger partial charge in [0.1, 0.15) is 11.6 Å². The van der Waals surface area contributed by atoms with Crippen LogP contribution in [-0.4, -0.2) is 35.9 Å². The quantitative estimate of drug-likeness (QED) is 0.891. The Morgan fingerprint density at radius 1 is 1.48 bits per heavy atom. The fourth-order valence-electron chi connectivity index (χ4n) is 1.85. The predicted molar refractivity (Wildman–Crippen MR) is 77.4 cm³/mol. The number of nitrogens with zero attached hydrogens (tertiary/aromatic N) is 2. The molecule has 0 heterocycles. The van der Waals surface area contributed by atoms with Gasteiger partial charge in [-0.3, -0.25) is 4.79 Å². The number of sulfonamides is 1. The summed E-state index contributed by atoms with van der Waals surface area (Å²) >= 11 is 5.84. The Kier molecular flexibility index (Phi) is 4.99. The summed E-state index contributed by atoms with van der Waals surface area (Å²) in [7, 11) is -4.04. The third kappa shape index (κ3) is 3.18. The van der Waals surface area contributed by atoms with Crippen molar-refractivity contribution >= 4 is 27.6 Å². The first-order valence-electron chi connectivity index (χ1n) is 6.05. The molecule has 0 unspecified atom stereocenters. The van der Waals surface area contributed by atoms with Crippen LogP contribution in [-0.2, 0) is 14.8 Å². The van der Waals surface area contributed by atoms with E-state index >= 15 is 0 Å². The Hall–Kier alpha value is -1.62. The summed E-state index contributed by atoms with van der Waals surface area (Å²) in [6.07, 6.45) is 0. The first-order chi connectivity index (χ1) is 9.58. The van der Waals surface area contributed by atoms with Gasteiger partial charge in [0.15, 0.2) is 0 Å². The second kappa shape index (κ2) is 6.02. The maximum absolute atomic E-state index is 12.6. The molecule has 1 aromatic rings. The molecule has 1 N–H and O–H groups in total. The van der Waals surface area contributed by atoms with Crippen LogP contribution in [0.15, 0.2) is 23.1 Å². The molecule has 6 nitrogen and oxygen atoms in total. The molecule has 0 aliphatic rings. The van der Waals surface area contributed by atoms with Gasteiger partial charge in [0.05, 0.1) is 15.5 Å². The normalized spacial score (nSPS) is 12.2. The molecule has 0 saturated carbocycles. The molecule has 1 rings (SSSR count). The van der Waals surface area contributed by atoms with Crippen LogP contribution >= 0.6 is 11.6 Å². The van der Waals surface area contributed by atoms with Gasteiger partial charge in [-0.05, 0) is 32.0 Å². The molecule has 0 aliphatic carbocycles. The van der Waals surface area contributed by atoms with Crippen LogP contribution in [0.5, 0.6) is 0 Å². The minimum absolute atomic E-state index is 0.00255. The van der Waals surface area contributed by atoms with E-state index in [1.165, 1.54) is 26.0 Å². The fraction of sp³-hybridized carbons (Fsp3) is 0.385. The van der Waals surface area contributed by atoms with E-state index in [4.69, 9.17) is 16.9 Å². The summed E-state index contributed by atoms with van der Waals surface area (Å²) in [5.74, 6) is -1.26. The summed E-state index contributed by atoms with van der Waals surface area (Å²) in [6.45, 7) is 4.15. The lowest BCUT2D eigenvalue weighted by Crippen LogP contribution is -2.52.